The summed E-state index contributed by atoms with van der Waals surface area (Å²) in [7, 11) is 0. The molecule has 78 valence electrons. The molecular formula is C13H16N2. The molecule has 0 bridgehead atoms. The summed E-state index contributed by atoms with van der Waals surface area (Å²) in [6, 6.07) is 10.3. The van der Waals surface area contributed by atoms with Gasteiger partial charge < -0.3 is 0 Å². The van der Waals surface area contributed by atoms with Crippen molar-refractivity contribution in [1.29, 1.82) is 0 Å². The fourth-order valence-corrected chi connectivity index (χ4v) is 1.90. The normalized spacial score (nSPS) is 17.1. The zero-order valence-corrected chi connectivity index (χ0v) is 9.06. The zero-order valence-electron chi connectivity index (χ0n) is 9.06. The molecule has 2 nitrogen and oxygen atoms in total. The van der Waals surface area contributed by atoms with E-state index in [-0.39, 0.29) is 5.66 Å². The number of hydrogen-bond donors (Lipinski definition) is 0. The number of hydrogen-bond acceptors (Lipinski definition) is 2. The minimum atomic E-state index is -0.322. The number of unbranched alkanes of at least 4 members (excludes halogenated alkanes) is 1. The second-order valence-corrected chi connectivity index (χ2v) is 3.84. The predicted octanol–water partition coefficient (Wildman–Crippen LogP) is 3.18. The van der Waals surface area contributed by atoms with Crippen LogP contribution in [0.25, 0.3) is 0 Å². The molecular weight excluding hydrogens is 184 g/mol. The van der Waals surface area contributed by atoms with Gasteiger partial charge in [0.1, 0.15) is 0 Å². The fourth-order valence-electron chi connectivity index (χ4n) is 1.90. The van der Waals surface area contributed by atoms with E-state index in [1.165, 1.54) is 12.0 Å². The van der Waals surface area contributed by atoms with Crippen LogP contribution in [0.3, 0.4) is 0 Å². The van der Waals surface area contributed by atoms with Crippen LogP contribution in [0.4, 0.5) is 0 Å². The van der Waals surface area contributed by atoms with Crippen molar-refractivity contribution in [2.75, 3.05) is 0 Å². The standard InChI is InChI=1S/C13H16N2/c1-2-3-9-13(14-10-11-15-13)12-7-5-4-6-8-12/h4-8,10-11H,2-3,9H2,1H3. The molecule has 0 fully saturated rings. The molecule has 1 aromatic carbocycles. The highest BCUT2D eigenvalue weighted by molar-refractivity contribution is 6.17. The van der Waals surface area contributed by atoms with Crippen molar-refractivity contribution in [3.63, 3.8) is 0 Å². The lowest BCUT2D eigenvalue weighted by molar-refractivity contribution is 0.426. The molecule has 15 heavy (non-hydrogen) atoms. The highest BCUT2D eigenvalue weighted by Crippen LogP contribution is 2.34. The van der Waals surface area contributed by atoms with E-state index >= 15 is 0 Å². The van der Waals surface area contributed by atoms with E-state index in [1.807, 2.05) is 30.6 Å². The summed E-state index contributed by atoms with van der Waals surface area (Å²) in [6.45, 7) is 2.20. The summed E-state index contributed by atoms with van der Waals surface area (Å²) in [5.41, 5.74) is 0.875. The molecule has 2 heteroatoms. The van der Waals surface area contributed by atoms with Crippen molar-refractivity contribution in [2.45, 2.75) is 31.8 Å². The van der Waals surface area contributed by atoms with E-state index in [0.717, 1.165) is 12.8 Å². The Bertz CT molecular complexity index is 353. The zero-order chi connectivity index (χ0) is 10.6. The van der Waals surface area contributed by atoms with Crippen molar-refractivity contribution in [3.8, 4) is 0 Å². The van der Waals surface area contributed by atoms with Gasteiger partial charge in [-0.05, 0) is 12.8 Å². The van der Waals surface area contributed by atoms with Gasteiger partial charge in [0.05, 0.1) is 0 Å². The van der Waals surface area contributed by atoms with Crippen LogP contribution in [0.5, 0.6) is 0 Å². The number of benzene rings is 1. The lowest BCUT2D eigenvalue weighted by Crippen LogP contribution is -2.18. The molecule has 0 aromatic heterocycles. The number of nitrogens with zero attached hydrogens (tertiary/aromatic N) is 2. The molecule has 0 N–H and O–H groups in total. The first-order valence-electron chi connectivity index (χ1n) is 5.52. The van der Waals surface area contributed by atoms with Crippen LogP contribution in [-0.4, -0.2) is 12.4 Å². The third kappa shape index (κ3) is 1.99. The Morgan fingerprint density at radius 3 is 2.33 bits per heavy atom. The van der Waals surface area contributed by atoms with Gasteiger partial charge in [0.2, 0.25) is 0 Å². The topological polar surface area (TPSA) is 24.7 Å². The highest BCUT2D eigenvalue weighted by Gasteiger charge is 2.30. The fraction of sp³-hybridized carbons (Fsp3) is 0.385. The first-order chi connectivity index (χ1) is 7.37. The molecule has 0 spiro atoms. The van der Waals surface area contributed by atoms with Crippen LogP contribution in [0.15, 0.2) is 40.3 Å². The largest absolute Gasteiger partial charge is 0.257 e. The Hall–Kier alpha value is -1.44. The summed E-state index contributed by atoms with van der Waals surface area (Å²) < 4.78 is 0. The molecule has 1 aromatic rings. The maximum atomic E-state index is 4.53. The van der Waals surface area contributed by atoms with Crippen LogP contribution in [0, 0.1) is 0 Å². The predicted molar refractivity (Wildman–Crippen MR) is 64.6 cm³/mol. The highest BCUT2D eigenvalue weighted by atomic mass is 15.1. The van der Waals surface area contributed by atoms with Gasteiger partial charge in [-0.25, -0.2) is 0 Å². The summed E-state index contributed by atoms with van der Waals surface area (Å²) in [5, 5.41) is 0. The van der Waals surface area contributed by atoms with Gasteiger partial charge in [0.15, 0.2) is 5.66 Å². The molecule has 0 saturated carbocycles. The Labute approximate surface area is 90.8 Å². The molecule has 0 atom stereocenters. The summed E-state index contributed by atoms with van der Waals surface area (Å²) in [6.07, 6.45) is 6.95. The van der Waals surface area contributed by atoms with E-state index in [4.69, 9.17) is 0 Å². The van der Waals surface area contributed by atoms with Crippen molar-refractivity contribution in [1.82, 2.24) is 0 Å². The molecule has 0 unspecified atom stereocenters. The minimum absolute atomic E-state index is 0.322. The van der Waals surface area contributed by atoms with E-state index in [0.29, 0.717) is 0 Å². The van der Waals surface area contributed by atoms with Gasteiger partial charge in [-0.3, -0.25) is 9.98 Å². The summed E-state index contributed by atoms with van der Waals surface area (Å²) in [5.74, 6) is 0. The van der Waals surface area contributed by atoms with Crippen LogP contribution in [0.2, 0.25) is 0 Å². The van der Waals surface area contributed by atoms with E-state index in [9.17, 15) is 0 Å². The van der Waals surface area contributed by atoms with Crippen LogP contribution in [-0.2, 0) is 5.66 Å². The minimum Gasteiger partial charge on any atom is -0.257 e. The average molecular weight is 200 g/mol. The molecule has 1 aliphatic heterocycles. The molecule has 0 radical (unpaired) electrons. The van der Waals surface area contributed by atoms with Crippen molar-refractivity contribution >= 4 is 12.4 Å². The molecule has 0 aliphatic carbocycles. The number of rotatable bonds is 4. The maximum absolute atomic E-state index is 4.53. The first-order valence-corrected chi connectivity index (χ1v) is 5.52. The molecule has 1 heterocycles. The third-order valence-electron chi connectivity index (χ3n) is 2.76. The summed E-state index contributed by atoms with van der Waals surface area (Å²) in [4.78, 5) is 9.06. The van der Waals surface area contributed by atoms with E-state index < -0.39 is 0 Å². The van der Waals surface area contributed by atoms with Crippen LogP contribution in [0.1, 0.15) is 31.7 Å². The van der Waals surface area contributed by atoms with Crippen molar-refractivity contribution < 1.29 is 0 Å². The van der Waals surface area contributed by atoms with Crippen LogP contribution < -0.4 is 0 Å². The monoisotopic (exact) mass is 200 g/mol. The Morgan fingerprint density at radius 1 is 1.07 bits per heavy atom. The Kier molecular flexibility index (Phi) is 2.95. The lowest BCUT2D eigenvalue weighted by Gasteiger charge is -2.23. The van der Waals surface area contributed by atoms with Gasteiger partial charge in [0.25, 0.3) is 0 Å². The van der Waals surface area contributed by atoms with Crippen molar-refractivity contribution in [2.24, 2.45) is 9.98 Å². The maximum Gasteiger partial charge on any atom is 0.175 e. The molecule has 2 rings (SSSR count). The van der Waals surface area contributed by atoms with Crippen LogP contribution >= 0.6 is 0 Å². The third-order valence-corrected chi connectivity index (χ3v) is 2.76. The average Bonchev–Trinajstić information content (AvgIpc) is 2.78. The van der Waals surface area contributed by atoms with Gasteiger partial charge in [0, 0.05) is 18.0 Å². The van der Waals surface area contributed by atoms with Gasteiger partial charge >= 0.3 is 0 Å². The van der Waals surface area contributed by atoms with Gasteiger partial charge in [-0.1, -0.05) is 43.7 Å². The lowest BCUT2D eigenvalue weighted by atomic mass is 9.95. The Balaban J connectivity index is 2.28. The molecule has 1 aliphatic rings. The Morgan fingerprint density at radius 2 is 1.73 bits per heavy atom. The van der Waals surface area contributed by atoms with Gasteiger partial charge in [-0.2, -0.15) is 0 Å². The number of aliphatic imine (C=N–C) groups is 2. The quantitative estimate of drug-likeness (QED) is 0.713. The second-order valence-electron chi connectivity index (χ2n) is 3.84. The first kappa shape index (κ1) is 10.1. The smallest absolute Gasteiger partial charge is 0.175 e. The molecule has 0 amide bonds. The van der Waals surface area contributed by atoms with Gasteiger partial charge in [-0.15, -0.1) is 0 Å². The molecule has 0 saturated heterocycles. The second kappa shape index (κ2) is 4.39. The van der Waals surface area contributed by atoms with E-state index in [1.54, 1.807) is 0 Å². The van der Waals surface area contributed by atoms with Crippen molar-refractivity contribution in [3.05, 3.63) is 35.9 Å². The van der Waals surface area contributed by atoms with E-state index in [2.05, 4.69) is 29.0 Å². The SMILES string of the molecule is CCCCC1(c2ccccc2)N=CC=N1. The summed E-state index contributed by atoms with van der Waals surface area (Å²) >= 11 is 0.